The van der Waals surface area contributed by atoms with E-state index < -0.39 is 0 Å². The first kappa shape index (κ1) is 17.4. The van der Waals surface area contributed by atoms with Gasteiger partial charge >= 0.3 is 5.97 Å². The molecule has 24 heavy (non-hydrogen) atoms. The molecule has 3 fully saturated rings. The first-order valence-electron chi connectivity index (χ1n) is 9.22. The second-order valence-corrected chi connectivity index (χ2v) is 8.56. The summed E-state index contributed by atoms with van der Waals surface area (Å²) < 4.78 is 4.87. The Hall–Kier alpha value is -1.38. The van der Waals surface area contributed by atoms with Crippen molar-refractivity contribution in [2.75, 3.05) is 7.11 Å². The van der Waals surface area contributed by atoms with Crippen LogP contribution in [-0.4, -0.2) is 18.9 Å². The van der Waals surface area contributed by atoms with Crippen molar-refractivity contribution in [3.63, 3.8) is 0 Å². The maximum Gasteiger partial charge on any atom is 0.305 e. The van der Waals surface area contributed by atoms with Crippen LogP contribution in [0.4, 0.5) is 0 Å². The van der Waals surface area contributed by atoms with E-state index in [1.54, 1.807) is 0 Å². The van der Waals surface area contributed by atoms with Gasteiger partial charge in [-0.1, -0.05) is 25.7 Å². The Kier molecular flexibility index (Phi) is 4.26. The van der Waals surface area contributed by atoms with E-state index in [0.717, 1.165) is 44.1 Å². The van der Waals surface area contributed by atoms with Gasteiger partial charge < -0.3 is 4.74 Å². The molecule has 0 aromatic heterocycles. The molecule has 0 radical (unpaired) electrons. The van der Waals surface area contributed by atoms with Crippen molar-refractivity contribution >= 4 is 11.8 Å². The van der Waals surface area contributed by atoms with Crippen LogP contribution in [-0.2, 0) is 14.3 Å². The van der Waals surface area contributed by atoms with Gasteiger partial charge in [-0.25, -0.2) is 0 Å². The third-order valence-corrected chi connectivity index (χ3v) is 7.48. The fourth-order valence-corrected chi connectivity index (χ4v) is 6.34. The van der Waals surface area contributed by atoms with Crippen molar-refractivity contribution in [3.05, 3.63) is 24.3 Å². The number of rotatable bonds is 4. The van der Waals surface area contributed by atoms with Gasteiger partial charge in [-0.2, -0.15) is 0 Å². The first-order chi connectivity index (χ1) is 11.3. The van der Waals surface area contributed by atoms with Crippen LogP contribution in [0.2, 0.25) is 0 Å². The highest BCUT2D eigenvalue weighted by Crippen LogP contribution is 2.67. The fraction of sp³-hybridized carbons (Fsp3) is 0.714. The van der Waals surface area contributed by atoms with Crippen molar-refractivity contribution < 1.29 is 14.3 Å². The third-order valence-electron chi connectivity index (χ3n) is 7.48. The average molecular weight is 330 g/mol. The number of allylic oxidation sites excluding steroid dienone is 2. The van der Waals surface area contributed by atoms with Crippen molar-refractivity contribution in [2.24, 2.45) is 28.6 Å². The molecule has 0 amide bonds. The Morgan fingerprint density at radius 1 is 1.33 bits per heavy atom. The minimum atomic E-state index is -0.225. The Balaban J connectivity index is 1.98. The van der Waals surface area contributed by atoms with Crippen molar-refractivity contribution in [1.82, 2.24) is 0 Å². The summed E-state index contributed by atoms with van der Waals surface area (Å²) in [5, 5.41) is 0. The molecule has 0 aromatic rings. The molecular formula is C21H30O3. The summed E-state index contributed by atoms with van der Waals surface area (Å²) in [5.74, 6) is 1.25. The van der Waals surface area contributed by atoms with Gasteiger partial charge in [0, 0.05) is 11.8 Å². The smallest absolute Gasteiger partial charge is 0.305 e. The zero-order valence-electron chi connectivity index (χ0n) is 15.3. The number of hydrogen-bond acceptors (Lipinski definition) is 3. The Bertz CT molecular complexity index is 604. The lowest BCUT2D eigenvalue weighted by atomic mass is 9.46. The SMILES string of the molecule is C=C1C(=O)[C@@]23CC[C@H](C(=C)C)[C@@](C)(CCC(=O)OC)[C@@H]2CC[C@H]1C3. The molecule has 132 valence electrons. The van der Waals surface area contributed by atoms with Crippen LogP contribution in [0.1, 0.15) is 58.8 Å². The Labute approximate surface area is 145 Å². The van der Waals surface area contributed by atoms with Crippen molar-refractivity contribution in [3.8, 4) is 0 Å². The van der Waals surface area contributed by atoms with Gasteiger partial charge in [-0.15, -0.1) is 0 Å². The van der Waals surface area contributed by atoms with Crippen molar-refractivity contribution in [2.45, 2.75) is 58.8 Å². The number of ether oxygens (including phenoxy) is 1. The van der Waals surface area contributed by atoms with E-state index in [1.165, 1.54) is 12.7 Å². The van der Waals surface area contributed by atoms with Gasteiger partial charge in [0.25, 0.3) is 0 Å². The molecule has 2 bridgehead atoms. The van der Waals surface area contributed by atoms with Crippen LogP contribution in [0.5, 0.6) is 0 Å². The molecule has 1 spiro atoms. The summed E-state index contributed by atoms with van der Waals surface area (Å²) in [6, 6.07) is 0. The zero-order valence-corrected chi connectivity index (χ0v) is 15.3. The lowest BCUT2D eigenvalue weighted by Crippen LogP contribution is -2.53. The number of esters is 1. The number of ketones is 1. The second-order valence-electron chi connectivity index (χ2n) is 8.56. The summed E-state index contributed by atoms with van der Waals surface area (Å²) in [4.78, 5) is 24.9. The van der Waals surface area contributed by atoms with E-state index in [4.69, 9.17) is 4.74 Å². The van der Waals surface area contributed by atoms with E-state index in [0.29, 0.717) is 30.0 Å². The molecule has 3 rings (SSSR count). The summed E-state index contributed by atoms with van der Waals surface area (Å²) in [6.45, 7) is 12.7. The van der Waals surface area contributed by atoms with E-state index in [2.05, 4.69) is 27.0 Å². The molecule has 5 atom stereocenters. The molecule has 0 aliphatic heterocycles. The van der Waals surface area contributed by atoms with Gasteiger partial charge in [-0.3, -0.25) is 9.59 Å². The largest absolute Gasteiger partial charge is 0.469 e. The molecule has 0 unspecified atom stereocenters. The summed E-state index contributed by atoms with van der Waals surface area (Å²) in [7, 11) is 1.44. The van der Waals surface area contributed by atoms with Crippen LogP contribution < -0.4 is 0 Å². The van der Waals surface area contributed by atoms with E-state index in [9.17, 15) is 9.59 Å². The van der Waals surface area contributed by atoms with E-state index in [-0.39, 0.29) is 16.8 Å². The number of carbonyl (C=O) groups is 2. The predicted octanol–water partition coefficient (Wildman–Crippen LogP) is 4.47. The molecule has 3 aliphatic rings. The van der Waals surface area contributed by atoms with Gasteiger partial charge in [0.05, 0.1) is 7.11 Å². The molecular weight excluding hydrogens is 300 g/mol. The van der Waals surface area contributed by atoms with Gasteiger partial charge in [0.1, 0.15) is 0 Å². The van der Waals surface area contributed by atoms with E-state index >= 15 is 0 Å². The Morgan fingerprint density at radius 3 is 2.67 bits per heavy atom. The molecule has 3 saturated carbocycles. The maximum atomic E-state index is 13.1. The number of methoxy groups -OCH3 is 1. The van der Waals surface area contributed by atoms with Gasteiger partial charge in [0.2, 0.25) is 0 Å². The topological polar surface area (TPSA) is 43.4 Å². The lowest BCUT2D eigenvalue weighted by molar-refractivity contribution is -0.146. The maximum absolute atomic E-state index is 13.1. The van der Waals surface area contributed by atoms with Crippen LogP contribution in [0, 0.1) is 28.6 Å². The highest BCUT2D eigenvalue weighted by atomic mass is 16.5. The number of Topliss-reactive ketones (excluding diaryl/α,β-unsaturated/α-hetero) is 1. The number of carbonyl (C=O) groups excluding carboxylic acids is 2. The number of hydrogen-bond donors (Lipinski definition) is 0. The lowest BCUT2D eigenvalue weighted by Gasteiger charge is -2.57. The quantitative estimate of drug-likeness (QED) is 0.434. The second kappa shape index (κ2) is 5.86. The van der Waals surface area contributed by atoms with Gasteiger partial charge in [0.15, 0.2) is 5.78 Å². The first-order valence-corrected chi connectivity index (χ1v) is 9.22. The summed E-state index contributed by atoms with van der Waals surface area (Å²) in [6.07, 6.45) is 6.25. The molecule has 0 heterocycles. The Morgan fingerprint density at radius 2 is 2.04 bits per heavy atom. The highest BCUT2D eigenvalue weighted by molar-refractivity contribution is 6.03. The van der Waals surface area contributed by atoms with E-state index in [1.807, 2.05) is 0 Å². The normalized spacial score (nSPS) is 41.0. The average Bonchev–Trinajstić information content (AvgIpc) is 2.73. The standard InChI is InChI=1S/C21H30O3/c1-13(2)16-8-11-21-12-15(14(3)19(21)23)6-7-17(21)20(16,4)10-9-18(22)24-5/h15-17H,1,3,6-12H2,2,4-5H3/t15-,16+,17-,20+,21+/m0/s1. The fourth-order valence-electron chi connectivity index (χ4n) is 6.34. The zero-order chi connectivity index (χ0) is 17.7. The predicted molar refractivity (Wildman–Crippen MR) is 94.3 cm³/mol. The van der Waals surface area contributed by atoms with Gasteiger partial charge in [-0.05, 0) is 74.2 Å². The molecule has 3 heteroatoms. The monoisotopic (exact) mass is 330 g/mol. The molecule has 0 N–H and O–H groups in total. The third kappa shape index (κ3) is 2.31. The minimum Gasteiger partial charge on any atom is -0.469 e. The van der Waals surface area contributed by atoms with Crippen LogP contribution in [0.25, 0.3) is 0 Å². The van der Waals surface area contributed by atoms with Crippen molar-refractivity contribution in [1.29, 1.82) is 0 Å². The molecule has 3 nitrogen and oxygen atoms in total. The van der Waals surface area contributed by atoms with Crippen LogP contribution >= 0.6 is 0 Å². The minimum absolute atomic E-state index is 0.0659. The summed E-state index contributed by atoms with van der Waals surface area (Å²) in [5.41, 5.74) is 1.76. The van der Waals surface area contributed by atoms with Crippen LogP contribution in [0.3, 0.4) is 0 Å². The molecule has 0 saturated heterocycles. The number of fused-ring (bicyclic) bond motifs is 1. The highest BCUT2D eigenvalue weighted by Gasteiger charge is 2.64. The summed E-state index contributed by atoms with van der Waals surface area (Å²) >= 11 is 0. The molecule has 3 aliphatic carbocycles. The van der Waals surface area contributed by atoms with Crippen LogP contribution in [0.15, 0.2) is 24.3 Å². The molecule has 0 aromatic carbocycles.